The van der Waals surface area contributed by atoms with Gasteiger partial charge in [0.2, 0.25) is 11.8 Å². The van der Waals surface area contributed by atoms with Crippen molar-refractivity contribution in [1.29, 1.82) is 0 Å². The predicted molar refractivity (Wildman–Crippen MR) is 144 cm³/mol. The lowest BCUT2D eigenvalue weighted by molar-refractivity contribution is -0.132. The van der Waals surface area contributed by atoms with Gasteiger partial charge in [-0.25, -0.2) is 4.98 Å². The van der Waals surface area contributed by atoms with Crippen molar-refractivity contribution in [2.75, 3.05) is 36.9 Å². The van der Waals surface area contributed by atoms with E-state index >= 15 is 0 Å². The molecule has 4 rings (SSSR count). The van der Waals surface area contributed by atoms with Crippen molar-refractivity contribution < 1.29 is 9.59 Å². The Morgan fingerprint density at radius 2 is 1.75 bits per heavy atom. The zero-order chi connectivity index (χ0) is 25.7. The van der Waals surface area contributed by atoms with Gasteiger partial charge >= 0.3 is 0 Å². The number of likely N-dealkylation sites (N-methyl/N-ethyl adjacent to an activating group) is 1. The van der Waals surface area contributed by atoms with Gasteiger partial charge in [-0.2, -0.15) is 0 Å². The van der Waals surface area contributed by atoms with Crippen LogP contribution in [0.2, 0.25) is 0 Å². The van der Waals surface area contributed by atoms with Crippen LogP contribution in [0.25, 0.3) is 0 Å². The fourth-order valence-corrected chi connectivity index (χ4v) is 4.51. The number of benzene rings is 2. The molecule has 2 N–H and O–H groups in total. The molecular formula is C29H35N5O2. The van der Waals surface area contributed by atoms with Crippen molar-refractivity contribution in [3.63, 3.8) is 0 Å². The van der Waals surface area contributed by atoms with Crippen LogP contribution in [0.15, 0.2) is 72.9 Å². The largest absolute Gasteiger partial charge is 0.357 e. The van der Waals surface area contributed by atoms with Gasteiger partial charge in [0, 0.05) is 26.7 Å². The summed E-state index contributed by atoms with van der Waals surface area (Å²) >= 11 is 0. The van der Waals surface area contributed by atoms with Crippen molar-refractivity contribution >= 4 is 23.3 Å². The number of rotatable bonds is 8. The number of hydrogen-bond acceptors (Lipinski definition) is 5. The Balaban J connectivity index is 1.44. The maximum Gasteiger partial charge on any atom is 0.247 e. The van der Waals surface area contributed by atoms with E-state index in [9.17, 15) is 9.59 Å². The molecule has 36 heavy (non-hydrogen) atoms. The Hall–Kier alpha value is -3.71. The highest BCUT2D eigenvalue weighted by molar-refractivity contribution is 5.95. The van der Waals surface area contributed by atoms with Crippen LogP contribution in [0.1, 0.15) is 42.5 Å². The third-order valence-corrected chi connectivity index (χ3v) is 6.88. The summed E-state index contributed by atoms with van der Waals surface area (Å²) < 4.78 is 0. The van der Waals surface area contributed by atoms with Crippen molar-refractivity contribution in [1.82, 2.24) is 15.2 Å². The number of piperazine rings is 1. The third-order valence-electron chi connectivity index (χ3n) is 6.88. The zero-order valence-corrected chi connectivity index (χ0v) is 21.4. The van der Waals surface area contributed by atoms with Crippen molar-refractivity contribution in [3.05, 3.63) is 89.6 Å². The summed E-state index contributed by atoms with van der Waals surface area (Å²) in [7, 11) is 1.83. The molecule has 2 heterocycles. The number of pyridine rings is 1. The average molecular weight is 486 g/mol. The quantitative estimate of drug-likeness (QED) is 0.502. The first-order valence-corrected chi connectivity index (χ1v) is 12.5. The standard InChI is InChI=1S/C29H35N5O2/c1-20-10-12-23(13-11-20)21(2)18-31-27(24-8-6-5-7-9-24)28(35)32-26-15-14-25(19-30-26)34-17-16-33(4)29(36)22(34)3/h5-15,19,21-22,27,31H,16-18H2,1-4H3,(H,30,32,35)/t21?,22-,27-/m0/s1. The number of aryl methyl sites for hydroxylation is 1. The Kier molecular flexibility index (Phi) is 8.00. The summed E-state index contributed by atoms with van der Waals surface area (Å²) in [5.74, 6) is 0.650. The Bertz CT molecular complexity index is 1160. The number of hydrogen-bond donors (Lipinski definition) is 2. The fourth-order valence-electron chi connectivity index (χ4n) is 4.51. The van der Waals surface area contributed by atoms with E-state index in [-0.39, 0.29) is 23.8 Å². The molecule has 1 aliphatic rings. The summed E-state index contributed by atoms with van der Waals surface area (Å²) in [6.45, 7) is 8.21. The highest BCUT2D eigenvalue weighted by atomic mass is 16.2. The van der Waals surface area contributed by atoms with Crippen LogP contribution in [0.3, 0.4) is 0 Å². The van der Waals surface area contributed by atoms with E-state index in [1.165, 1.54) is 11.1 Å². The minimum Gasteiger partial charge on any atom is -0.357 e. The van der Waals surface area contributed by atoms with Gasteiger partial charge in [-0.05, 0) is 43.0 Å². The third kappa shape index (κ3) is 5.91. The number of carbonyl (C=O) groups excluding carboxylic acids is 2. The maximum absolute atomic E-state index is 13.4. The molecule has 0 bridgehead atoms. The number of nitrogens with zero attached hydrogens (tertiary/aromatic N) is 3. The van der Waals surface area contributed by atoms with Gasteiger partial charge in [0.25, 0.3) is 0 Å². The number of nitrogens with one attached hydrogen (secondary N) is 2. The minimum absolute atomic E-state index is 0.0928. The molecule has 1 saturated heterocycles. The summed E-state index contributed by atoms with van der Waals surface area (Å²) in [4.78, 5) is 34.0. The Morgan fingerprint density at radius 3 is 2.42 bits per heavy atom. The van der Waals surface area contributed by atoms with E-state index in [1.807, 2.05) is 55.3 Å². The van der Waals surface area contributed by atoms with Crippen LogP contribution in [-0.2, 0) is 9.59 Å². The molecular weight excluding hydrogens is 450 g/mol. The molecule has 1 aromatic heterocycles. The molecule has 1 unspecified atom stereocenters. The molecule has 3 aromatic rings. The summed E-state index contributed by atoms with van der Waals surface area (Å²) in [5.41, 5.74) is 4.22. The molecule has 188 valence electrons. The second-order valence-electron chi connectivity index (χ2n) is 9.58. The first-order valence-electron chi connectivity index (χ1n) is 12.5. The topological polar surface area (TPSA) is 77.6 Å². The number of aromatic nitrogens is 1. The molecule has 7 heteroatoms. The molecule has 0 spiro atoms. The van der Waals surface area contributed by atoms with E-state index in [2.05, 4.69) is 53.7 Å². The lowest BCUT2D eigenvalue weighted by Crippen LogP contribution is -2.54. The van der Waals surface area contributed by atoms with Gasteiger partial charge in [0.05, 0.1) is 11.9 Å². The molecule has 3 atom stereocenters. The SMILES string of the molecule is Cc1ccc(C(C)CN[C@H](C(=O)Nc2ccc(N3CCN(C)C(=O)[C@@H]3C)cn2)c2ccccc2)cc1. The van der Waals surface area contributed by atoms with Crippen LogP contribution in [0, 0.1) is 6.92 Å². The predicted octanol–water partition coefficient (Wildman–Crippen LogP) is 4.13. The second kappa shape index (κ2) is 11.4. The highest BCUT2D eigenvalue weighted by Gasteiger charge is 2.29. The van der Waals surface area contributed by atoms with Gasteiger partial charge in [-0.3, -0.25) is 9.59 Å². The molecule has 2 aromatic carbocycles. The lowest BCUT2D eigenvalue weighted by Gasteiger charge is -2.38. The molecule has 7 nitrogen and oxygen atoms in total. The van der Waals surface area contributed by atoms with Gasteiger partial charge in [-0.15, -0.1) is 0 Å². The van der Waals surface area contributed by atoms with E-state index in [0.717, 1.165) is 17.8 Å². The maximum atomic E-state index is 13.4. The lowest BCUT2D eigenvalue weighted by atomic mass is 9.98. The van der Waals surface area contributed by atoms with Crippen LogP contribution in [0.5, 0.6) is 0 Å². The minimum atomic E-state index is -0.518. The van der Waals surface area contributed by atoms with Crippen LogP contribution >= 0.6 is 0 Å². The zero-order valence-electron chi connectivity index (χ0n) is 21.4. The molecule has 0 aliphatic carbocycles. The molecule has 1 aliphatic heterocycles. The highest BCUT2D eigenvalue weighted by Crippen LogP contribution is 2.23. The fraction of sp³-hybridized carbons (Fsp3) is 0.345. The first-order chi connectivity index (χ1) is 17.3. The van der Waals surface area contributed by atoms with E-state index in [4.69, 9.17) is 0 Å². The van der Waals surface area contributed by atoms with Gasteiger partial charge in [0.15, 0.2) is 0 Å². The van der Waals surface area contributed by atoms with Crippen molar-refractivity contribution in [2.45, 2.75) is 38.8 Å². The Morgan fingerprint density at radius 1 is 1.03 bits per heavy atom. The van der Waals surface area contributed by atoms with Crippen LogP contribution < -0.4 is 15.5 Å². The van der Waals surface area contributed by atoms with E-state index < -0.39 is 6.04 Å². The summed E-state index contributed by atoms with van der Waals surface area (Å²) in [6, 6.07) is 21.2. The van der Waals surface area contributed by atoms with Crippen LogP contribution in [-0.4, -0.2) is 54.4 Å². The molecule has 2 amide bonds. The normalized spacial score (nSPS) is 17.6. The van der Waals surface area contributed by atoms with E-state index in [1.54, 1.807) is 17.2 Å². The molecule has 0 saturated carbocycles. The smallest absolute Gasteiger partial charge is 0.247 e. The number of anilines is 2. The van der Waals surface area contributed by atoms with Gasteiger partial charge < -0.3 is 20.4 Å². The summed E-state index contributed by atoms with van der Waals surface area (Å²) in [5, 5.41) is 6.42. The van der Waals surface area contributed by atoms with E-state index in [0.29, 0.717) is 18.9 Å². The first kappa shape index (κ1) is 25.4. The van der Waals surface area contributed by atoms with Crippen LogP contribution in [0.4, 0.5) is 11.5 Å². The Labute approximate surface area is 213 Å². The van der Waals surface area contributed by atoms with Crippen molar-refractivity contribution in [3.8, 4) is 0 Å². The van der Waals surface area contributed by atoms with Gasteiger partial charge in [0.1, 0.15) is 17.9 Å². The average Bonchev–Trinajstić information content (AvgIpc) is 2.89. The molecule has 1 fully saturated rings. The van der Waals surface area contributed by atoms with Crippen molar-refractivity contribution in [2.24, 2.45) is 0 Å². The molecule has 0 radical (unpaired) electrons. The number of carbonyl (C=O) groups is 2. The monoisotopic (exact) mass is 485 g/mol. The summed E-state index contributed by atoms with van der Waals surface area (Å²) in [6.07, 6.45) is 1.72. The second-order valence-corrected chi connectivity index (χ2v) is 9.58. The van der Waals surface area contributed by atoms with Gasteiger partial charge in [-0.1, -0.05) is 67.1 Å². The number of amides is 2.